The first-order chi connectivity index (χ1) is 16.5. The highest BCUT2D eigenvalue weighted by molar-refractivity contribution is 6.01. The van der Waals surface area contributed by atoms with Crippen LogP contribution in [0, 0.1) is 0 Å². The number of pyridine rings is 1. The molecule has 1 amide bonds. The number of para-hydroxylation sites is 1. The van der Waals surface area contributed by atoms with Crippen LogP contribution in [-0.4, -0.2) is 45.2 Å². The summed E-state index contributed by atoms with van der Waals surface area (Å²) in [4.78, 5) is 20.1. The quantitative estimate of drug-likeness (QED) is 0.408. The minimum atomic E-state index is -0.00823. The van der Waals surface area contributed by atoms with E-state index in [4.69, 9.17) is 10.5 Å². The fourth-order valence-electron chi connectivity index (χ4n) is 4.99. The topological polar surface area (TPSA) is 97.1 Å². The minimum Gasteiger partial charge on any atom is -0.496 e. The first kappa shape index (κ1) is 21.9. The number of likely N-dealkylation sites (tertiary alicyclic amines) is 1. The van der Waals surface area contributed by atoms with Crippen molar-refractivity contribution in [2.75, 3.05) is 12.8 Å². The molecule has 0 radical (unpaired) electrons. The number of methoxy groups -OCH3 is 1. The third kappa shape index (κ3) is 3.77. The molecule has 2 aromatic heterocycles. The standard InChI is InChI=1S/C27H29N5O2/c1-16-7-6-8-17(2)32(16)27(33)21-13-18(11-12-23(21)28)19-14-22-25(30-31-26(22)29-15-19)20-9-4-5-10-24(20)34-3/h4-5,9-17H,6-8,28H2,1-3H3,(H,29,30,31). The summed E-state index contributed by atoms with van der Waals surface area (Å²) < 4.78 is 5.53. The van der Waals surface area contributed by atoms with Crippen LogP contribution < -0.4 is 10.5 Å². The predicted molar refractivity (Wildman–Crippen MR) is 135 cm³/mol. The lowest BCUT2D eigenvalue weighted by Gasteiger charge is -2.39. The van der Waals surface area contributed by atoms with Gasteiger partial charge in [-0.1, -0.05) is 18.2 Å². The molecule has 2 aromatic carbocycles. The van der Waals surface area contributed by atoms with Crippen molar-refractivity contribution in [3.05, 3.63) is 60.3 Å². The molecule has 2 unspecified atom stereocenters. The molecule has 0 aliphatic carbocycles. The van der Waals surface area contributed by atoms with Gasteiger partial charge in [0.15, 0.2) is 5.65 Å². The number of benzene rings is 2. The van der Waals surface area contributed by atoms with Gasteiger partial charge in [0.25, 0.3) is 5.91 Å². The number of nitrogens with two attached hydrogens (primary N) is 1. The fraction of sp³-hybridized carbons (Fsp3) is 0.296. The maximum atomic E-state index is 13.5. The Bertz CT molecular complexity index is 1350. The van der Waals surface area contributed by atoms with Gasteiger partial charge in [0.1, 0.15) is 11.4 Å². The Morgan fingerprint density at radius 1 is 1.09 bits per heavy atom. The van der Waals surface area contributed by atoms with Crippen molar-refractivity contribution in [1.82, 2.24) is 20.1 Å². The zero-order valence-electron chi connectivity index (χ0n) is 19.7. The number of ether oxygens (including phenoxy) is 1. The van der Waals surface area contributed by atoms with E-state index in [1.54, 1.807) is 13.3 Å². The maximum absolute atomic E-state index is 13.5. The van der Waals surface area contributed by atoms with E-state index in [-0.39, 0.29) is 18.0 Å². The highest BCUT2D eigenvalue weighted by Gasteiger charge is 2.30. The van der Waals surface area contributed by atoms with E-state index in [0.717, 1.165) is 52.8 Å². The molecule has 3 N–H and O–H groups in total. The molecule has 0 saturated carbocycles. The van der Waals surface area contributed by atoms with E-state index in [1.807, 2.05) is 53.4 Å². The minimum absolute atomic E-state index is 0.00823. The molecular weight excluding hydrogens is 426 g/mol. The maximum Gasteiger partial charge on any atom is 0.256 e. The van der Waals surface area contributed by atoms with Gasteiger partial charge in [0.05, 0.1) is 12.7 Å². The number of piperidine rings is 1. The van der Waals surface area contributed by atoms with Gasteiger partial charge in [-0.05, 0) is 69.0 Å². The summed E-state index contributed by atoms with van der Waals surface area (Å²) >= 11 is 0. The van der Waals surface area contributed by atoms with Gasteiger partial charge < -0.3 is 15.4 Å². The first-order valence-electron chi connectivity index (χ1n) is 11.7. The van der Waals surface area contributed by atoms with Crippen molar-refractivity contribution in [1.29, 1.82) is 0 Å². The summed E-state index contributed by atoms with van der Waals surface area (Å²) in [7, 11) is 1.65. The van der Waals surface area contributed by atoms with Gasteiger partial charge in [-0.15, -0.1) is 0 Å². The molecule has 1 saturated heterocycles. The van der Waals surface area contributed by atoms with Crippen LogP contribution in [0.3, 0.4) is 0 Å². The molecule has 1 aliphatic rings. The Morgan fingerprint density at radius 2 is 1.85 bits per heavy atom. The number of fused-ring (bicyclic) bond motifs is 1. The summed E-state index contributed by atoms with van der Waals surface area (Å²) in [5.74, 6) is 0.734. The summed E-state index contributed by atoms with van der Waals surface area (Å²) in [6.07, 6.45) is 4.97. The van der Waals surface area contributed by atoms with E-state index < -0.39 is 0 Å². The number of aromatic nitrogens is 3. The third-order valence-corrected chi connectivity index (χ3v) is 6.82. The average Bonchev–Trinajstić information content (AvgIpc) is 3.27. The number of hydrogen-bond acceptors (Lipinski definition) is 5. The lowest BCUT2D eigenvalue weighted by molar-refractivity contribution is 0.0512. The molecule has 0 spiro atoms. The van der Waals surface area contributed by atoms with Gasteiger partial charge in [-0.25, -0.2) is 4.98 Å². The van der Waals surface area contributed by atoms with Crippen molar-refractivity contribution in [3.63, 3.8) is 0 Å². The van der Waals surface area contributed by atoms with Gasteiger partial charge in [-0.3, -0.25) is 9.89 Å². The van der Waals surface area contributed by atoms with Crippen LogP contribution in [-0.2, 0) is 0 Å². The number of carbonyl (C=O) groups excluding carboxylic acids is 1. The average molecular weight is 456 g/mol. The molecule has 4 aromatic rings. The Labute approximate surface area is 198 Å². The van der Waals surface area contributed by atoms with Crippen LogP contribution in [0.5, 0.6) is 5.75 Å². The number of rotatable bonds is 4. The van der Waals surface area contributed by atoms with Gasteiger partial charge in [0.2, 0.25) is 0 Å². The summed E-state index contributed by atoms with van der Waals surface area (Å²) in [6.45, 7) is 4.23. The monoisotopic (exact) mass is 455 g/mol. The number of nitrogens with one attached hydrogen (secondary N) is 1. The zero-order chi connectivity index (χ0) is 23.8. The van der Waals surface area contributed by atoms with Crippen LogP contribution in [0.1, 0.15) is 43.5 Å². The summed E-state index contributed by atoms with van der Waals surface area (Å²) in [5.41, 5.74) is 11.4. The lowest BCUT2D eigenvalue weighted by Crippen LogP contribution is -2.47. The molecule has 5 rings (SSSR count). The molecule has 3 heterocycles. The van der Waals surface area contributed by atoms with E-state index in [2.05, 4.69) is 29.0 Å². The van der Waals surface area contributed by atoms with Gasteiger partial charge >= 0.3 is 0 Å². The molecular formula is C27H29N5O2. The largest absolute Gasteiger partial charge is 0.496 e. The van der Waals surface area contributed by atoms with Crippen molar-refractivity contribution < 1.29 is 9.53 Å². The molecule has 0 bridgehead atoms. The zero-order valence-corrected chi connectivity index (χ0v) is 19.7. The molecule has 34 heavy (non-hydrogen) atoms. The number of nitrogen functional groups attached to an aromatic ring is 1. The number of aromatic amines is 1. The van der Waals surface area contributed by atoms with Crippen LogP contribution in [0.2, 0.25) is 0 Å². The number of carbonyl (C=O) groups is 1. The van der Waals surface area contributed by atoms with E-state index in [9.17, 15) is 4.79 Å². The van der Waals surface area contributed by atoms with Gasteiger partial charge in [0, 0.05) is 40.5 Å². The molecule has 7 nitrogen and oxygen atoms in total. The van der Waals surface area contributed by atoms with Crippen molar-refractivity contribution in [3.8, 4) is 28.1 Å². The third-order valence-electron chi connectivity index (χ3n) is 6.82. The number of anilines is 1. The van der Waals surface area contributed by atoms with E-state index >= 15 is 0 Å². The smallest absolute Gasteiger partial charge is 0.256 e. The first-order valence-corrected chi connectivity index (χ1v) is 11.7. The lowest BCUT2D eigenvalue weighted by atomic mass is 9.95. The highest BCUT2D eigenvalue weighted by atomic mass is 16.5. The van der Waals surface area contributed by atoms with Crippen molar-refractivity contribution in [2.24, 2.45) is 0 Å². The van der Waals surface area contributed by atoms with Crippen LogP contribution in [0.15, 0.2) is 54.7 Å². The van der Waals surface area contributed by atoms with Crippen molar-refractivity contribution >= 4 is 22.6 Å². The van der Waals surface area contributed by atoms with Crippen LogP contribution in [0.4, 0.5) is 5.69 Å². The molecule has 7 heteroatoms. The Balaban J connectivity index is 1.56. The highest BCUT2D eigenvalue weighted by Crippen LogP contribution is 2.35. The number of hydrogen-bond donors (Lipinski definition) is 2. The second-order valence-corrected chi connectivity index (χ2v) is 9.04. The van der Waals surface area contributed by atoms with Crippen molar-refractivity contribution in [2.45, 2.75) is 45.2 Å². The van der Waals surface area contributed by atoms with E-state index in [0.29, 0.717) is 16.9 Å². The number of amides is 1. The summed E-state index contributed by atoms with van der Waals surface area (Å²) in [5, 5.41) is 8.39. The normalized spacial score (nSPS) is 18.3. The number of nitrogens with zero attached hydrogens (tertiary/aromatic N) is 3. The molecule has 1 aliphatic heterocycles. The van der Waals surface area contributed by atoms with Crippen LogP contribution >= 0.6 is 0 Å². The Morgan fingerprint density at radius 3 is 2.62 bits per heavy atom. The molecule has 1 fully saturated rings. The predicted octanol–water partition coefficient (Wildman–Crippen LogP) is 5.29. The van der Waals surface area contributed by atoms with Crippen LogP contribution in [0.25, 0.3) is 33.4 Å². The van der Waals surface area contributed by atoms with Gasteiger partial charge in [-0.2, -0.15) is 5.10 Å². The fourth-order valence-corrected chi connectivity index (χ4v) is 4.99. The Kier molecular flexibility index (Phi) is 5.69. The second kappa shape index (κ2) is 8.82. The molecule has 2 atom stereocenters. The SMILES string of the molecule is COc1ccccc1-c1n[nH]c2ncc(-c3ccc(N)c(C(=O)N4C(C)CCCC4C)c3)cc12. The molecule has 174 valence electrons. The second-order valence-electron chi connectivity index (χ2n) is 9.04. The number of H-pyrrole nitrogens is 1. The van der Waals surface area contributed by atoms with E-state index in [1.165, 1.54) is 0 Å². The Hall–Kier alpha value is -3.87. The summed E-state index contributed by atoms with van der Waals surface area (Å²) in [6, 6.07) is 15.8.